The van der Waals surface area contributed by atoms with Gasteiger partial charge in [-0.15, -0.1) is 15.3 Å². The number of nitrogens with zero attached hydrogens (tertiary/aromatic N) is 7. The molecule has 4 aromatic rings. The number of carbonyl (C=O) groups is 1. The maximum atomic E-state index is 13.4. The Balaban J connectivity index is 1.42. The lowest BCUT2D eigenvalue weighted by Crippen LogP contribution is -2.24. The number of carbonyl (C=O) groups excluding carboxylic acids is 1. The number of nitrogens with two attached hydrogens (primary N) is 1. The van der Waals surface area contributed by atoms with E-state index in [0.717, 1.165) is 16.7 Å². The Kier molecular flexibility index (Phi) is 5.61. The molecule has 0 fully saturated rings. The lowest BCUT2D eigenvalue weighted by atomic mass is 9.99. The molecule has 0 atom stereocenters. The number of aromatic nitrogens is 4. The fourth-order valence-corrected chi connectivity index (χ4v) is 4.11. The fraction of sp³-hybridized carbons (Fsp3) is 0.160. The molecule has 5 rings (SSSR count). The van der Waals surface area contributed by atoms with Crippen molar-refractivity contribution in [3.63, 3.8) is 0 Å². The van der Waals surface area contributed by atoms with Crippen LogP contribution in [0.15, 0.2) is 77.3 Å². The number of amidine groups is 1. The van der Waals surface area contributed by atoms with Crippen LogP contribution in [0, 0.1) is 5.53 Å². The van der Waals surface area contributed by atoms with Gasteiger partial charge in [0.05, 0.1) is 6.54 Å². The van der Waals surface area contributed by atoms with E-state index in [2.05, 4.69) is 34.4 Å². The average Bonchev–Trinajstić information content (AvgIpc) is 3.50. The first-order chi connectivity index (χ1) is 17.0. The monoisotopic (exact) mass is 465 g/mol. The summed E-state index contributed by atoms with van der Waals surface area (Å²) in [4.78, 5) is 19.8. The zero-order valence-corrected chi connectivity index (χ0v) is 19.3. The molecule has 0 spiro atoms. The predicted molar refractivity (Wildman–Crippen MR) is 132 cm³/mol. The Morgan fingerprint density at radius 3 is 2.60 bits per heavy atom. The van der Waals surface area contributed by atoms with Gasteiger partial charge in [0.2, 0.25) is 0 Å². The molecule has 0 unspecified atom stereocenters. The van der Waals surface area contributed by atoms with Gasteiger partial charge in [-0.3, -0.25) is 9.69 Å². The third-order valence-electron chi connectivity index (χ3n) is 5.96. The van der Waals surface area contributed by atoms with Crippen LogP contribution in [0.1, 0.15) is 41.4 Å². The summed E-state index contributed by atoms with van der Waals surface area (Å²) < 4.78 is 1.95. The zero-order chi connectivity index (χ0) is 24.5. The molecule has 3 N–H and O–H groups in total. The SMILES string of the molecule is CC(C)n1cnnc1-c1cccc(N2Cc3ccc(-c4ccc(C(N)=NN=N)cc4)cc3C2=O)n1. The van der Waals surface area contributed by atoms with Crippen LogP contribution in [0.3, 0.4) is 0 Å². The highest BCUT2D eigenvalue weighted by molar-refractivity contribution is 6.10. The summed E-state index contributed by atoms with van der Waals surface area (Å²) in [5.41, 5.74) is 17.4. The molecule has 2 aromatic carbocycles. The van der Waals surface area contributed by atoms with Crippen molar-refractivity contribution in [2.45, 2.75) is 26.4 Å². The molecule has 3 heterocycles. The van der Waals surface area contributed by atoms with Gasteiger partial charge in [-0.1, -0.05) is 47.7 Å². The minimum atomic E-state index is -0.0955. The van der Waals surface area contributed by atoms with Crippen LogP contribution in [0.5, 0.6) is 0 Å². The first-order valence-corrected chi connectivity index (χ1v) is 11.1. The molecular weight excluding hydrogens is 442 g/mol. The number of fused-ring (bicyclic) bond motifs is 1. The number of anilines is 1. The van der Waals surface area contributed by atoms with E-state index in [0.29, 0.717) is 35.0 Å². The van der Waals surface area contributed by atoms with Crippen LogP contribution in [0.2, 0.25) is 0 Å². The molecule has 0 bridgehead atoms. The summed E-state index contributed by atoms with van der Waals surface area (Å²) in [6.07, 6.45) is 1.69. The van der Waals surface area contributed by atoms with Crippen molar-refractivity contribution < 1.29 is 4.79 Å². The molecule has 0 aliphatic carbocycles. The van der Waals surface area contributed by atoms with Gasteiger partial charge < -0.3 is 10.3 Å². The van der Waals surface area contributed by atoms with E-state index < -0.39 is 0 Å². The van der Waals surface area contributed by atoms with Gasteiger partial charge in [-0.25, -0.2) is 4.98 Å². The van der Waals surface area contributed by atoms with E-state index in [1.54, 1.807) is 11.2 Å². The Hall–Kier alpha value is -4.73. The number of nitrogens with one attached hydrogen (secondary N) is 1. The molecule has 10 nitrogen and oxygen atoms in total. The lowest BCUT2D eigenvalue weighted by molar-refractivity contribution is 0.0996. The molecule has 10 heteroatoms. The standard InChI is InChI=1S/C25H23N9O/c1-15(2)34-14-28-31-24(34)21-4-3-5-22(29-21)33-13-19-11-10-18(12-20(19)25(33)35)16-6-8-17(9-7-16)23(26)30-32-27/h3-12,14-15H,13H2,1-2H3,(H3,26,27,30). The smallest absolute Gasteiger partial charge is 0.260 e. The van der Waals surface area contributed by atoms with Crippen molar-refractivity contribution in [1.29, 1.82) is 5.53 Å². The topological polar surface area (TPSA) is 138 Å². The minimum absolute atomic E-state index is 0.0955. The van der Waals surface area contributed by atoms with Gasteiger partial charge >= 0.3 is 0 Å². The lowest BCUT2D eigenvalue weighted by Gasteiger charge is -2.16. The van der Waals surface area contributed by atoms with Gasteiger partial charge in [0.1, 0.15) is 17.8 Å². The van der Waals surface area contributed by atoms with Crippen molar-refractivity contribution >= 4 is 17.6 Å². The summed E-state index contributed by atoms with van der Waals surface area (Å²) in [5.74, 6) is 1.32. The zero-order valence-electron chi connectivity index (χ0n) is 19.3. The van der Waals surface area contributed by atoms with E-state index >= 15 is 0 Å². The Morgan fingerprint density at radius 1 is 1.09 bits per heavy atom. The first-order valence-electron chi connectivity index (χ1n) is 11.1. The Morgan fingerprint density at radius 2 is 1.86 bits per heavy atom. The average molecular weight is 466 g/mol. The minimum Gasteiger partial charge on any atom is -0.382 e. The fourth-order valence-electron chi connectivity index (χ4n) is 4.11. The van der Waals surface area contributed by atoms with Crippen molar-refractivity contribution in [2.24, 2.45) is 16.1 Å². The third kappa shape index (κ3) is 4.05. The number of pyridine rings is 1. The van der Waals surface area contributed by atoms with E-state index in [9.17, 15) is 4.79 Å². The molecule has 1 amide bonds. The summed E-state index contributed by atoms with van der Waals surface area (Å²) in [5, 5.41) is 14.8. The second-order valence-electron chi connectivity index (χ2n) is 8.46. The van der Waals surface area contributed by atoms with E-state index in [4.69, 9.17) is 16.2 Å². The number of amides is 1. The molecule has 174 valence electrons. The largest absolute Gasteiger partial charge is 0.382 e. The highest BCUT2D eigenvalue weighted by Gasteiger charge is 2.30. The third-order valence-corrected chi connectivity index (χ3v) is 5.96. The van der Waals surface area contributed by atoms with Crippen molar-refractivity contribution in [2.75, 3.05) is 4.90 Å². The Bertz CT molecular complexity index is 1450. The maximum Gasteiger partial charge on any atom is 0.260 e. The van der Waals surface area contributed by atoms with Crippen molar-refractivity contribution in [3.8, 4) is 22.6 Å². The molecule has 1 aliphatic heterocycles. The van der Waals surface area contributed by atoms with Crippen LogP contribution in [0.25, 0.3) is 22.6 Å². The molecular formula is C25H23N9O. The second kappa shape index (κ2) is 8.90. The molecule has 0 saturated heterocycles. The van der Waals surface area contributed by atoms with Gasteiger partial charge in [0.15, 0.2) is 11.7 Å². The van der Waals surface area contributed by atoms with Gasteiger partial charge in [-0.2, -0.15) is 5.53 Å². The van der Waals surface area contributed by atoms with E-state index in [1.807, 2.05) is 65.2 Å². The summed E-state index contributed by atoms with van der Waals surface area (Å²) in [6, 6.07) is 19.1. The molecule has 0 saturated carbocycles. The highest BCUT2D eigenvalue weighted by atomic mass is 16.2. The van der Waals surface area contributed by atoms with Crippen LogP contribution in [-0.2, 0) is 6.54 Å². The summed E-state index contributed by atoms with van der Waals surface area (Å²) in [7, 11) is 0. The molecule has 35 heavy (non-hydrogen) atoms. The van der Waals surface area contributed by atoms with Crippen LogP contribution >= 0.6 is 0 Å². The first kappa shape index (κ1) is 22.1. The van der Waals surface area contributed by atoms with Crippen LogP contribution in [0.4, 0.5) is 5.82 Å². The van der Waals surface area contributed by atoms with Crippen LogP contribution < -0.4 is 10.6 Å². The van der Waals surface area contributed by atoms with Crippen molar-refractivity contribution in [3.05, 3.63) is 83.7 Å². The number of hydrogen-bond donors (Lipinski definition) is 2. The van der Waals surface area contributed by atoms with Gasteiger partial charge in [0, 0.05) is 17.2 Å². The van der Waals surface area contributed by atoms with Crippen LogP contribution in [-0.4, -0.2) is 31.5 Å². The number of hydrogen-bond acceptors (Lipinski definition) is 6. The summed E-state index contributed by atoms with van der Waals surface area (Å²) >= 11 is 0. The normalized spacial score (nSPS) is 13.4. The van der Waals surface area contributed by atoms with Gasteiger partial charge in [-0.05, 0) is 48.7 Å². The van der Waals surface area contributed by atoms with E-state index in [-0.39, 0.29) is 17.8 Å². The van der Waals surface area contributed by atoms with Crippen molar-refractivity contribution in [1.82, 2.24) is 19.7 Å². The quantitative estimate of drug-likeness (QED) is 0.188. The second-order valence-corrected chi connectivity index (χ2v) is 8.46. The Labute approximate surface area is 201 Å². The number of rotatable bonds is 6. The summed E-state index contributed by atoms with van der Waals surface area (Å²) in [6.45, 7) is 4.56. The molecule has 0 radical (unpaired) electrons. The predicted octanol–water partition coefficient (Wildman–Crippen LogP) is 4.40. The highest BCUT2D eigenvalue weighted by Crippen LogP contribution is 2.32. The maximum absolute atomic E-state index is 13.4. The molecule has 1 aliphatic rings. The molecule has 2 aromatic heterocycles. The van der Waals surface area contributed by atoms with E-state index in [1.165, 1.54) is 0 Å². The number of benzene rings is 2. The van der Waals surface area contributed by atoms with Gasteiger partial charge in [0.25, 0.3) is 5.91 Å².